The van der Waals surface area contributed by atoms with E-state index in [9.17, 15) is 14.0 Å². The first-order chi connectivity index (χ1) is 15.1. The van der Waals surface area contributed by atoms with Gasteiger partial charge in [0.05, 0.1) is 16.9 Å². The van der Waals surface area contributed by atoms with Crippen LogP contribution in [0.3, 0.4) is 0 Å². The zero-order valence-electron chi connectivity index (χ0n) is 17.0. The van der Waals surface area contributed by atoms with Gasteiger partial charge in [0.25, 0.3) is 5.91 Å². The number of furan rings is 1. The maximum atomic E-state index is 14.0. The van der Waals surface area contributed by atoms with E-state index in [4.69, 9.17) is 4.42 Å². The van der Waals surface area contributed by atoms with Crippen LogP contribution in [-0.2, 0) is 4.79 Å². The smallest absolute Gasteiger partial charge is 0.289 e. The molecule has 162 valence electrons. The number of rotatable bonds is 3. The Kier molecular flexibility index (Phi) is 5.35. The third kappa shape index (κ3) is 3.89. The van der Waals surface area contributed by atoms with E-state index in [0.29, 0.717) is 44.0 Å². The molecule has 0 spiro atoms. The largest absolute Gasteiger partial charge is 0.459 e. The van der Waals surface area contributed by atoms with Crippen LogP contribution in [0.4, 0.5) is 9.52 Å². The molecule has 0 aliphatic carbocycles. The first-order valence-corrected chi connectivity index (χ1v) is 11.3. The number of hydrogen-bond donors (Lipinski definition) is 0. The molecule has 0 bridgehead atoms. The van der Waals surface area contributed by atoms with Crippen LogP contribution < -0.4 is 4.90 Å². The lowest BCUT2D eigenvalue weighted by Gasteiger charge is -2.38. The van der Waals surface area contributed by atoms with Crippen LogP contribution in [-0.4, -0.2) is 65.9 Å². The summed E-state index contributed by atoms with van der Waals surface area (Å²) in [5.74, 6) is -0.106. The van der Waals surface area contributed by atoms with Gasteiger partial charge in [-0.1, -0.05) is 17.4 Å². The first-order valence-electron chi connectivity index (χ1n) is 10.5. The summed E-state index contributed by atoms with van der Waals surface area (Å²) in [5.41, 5.74) is 0.397. The SMILES string of the molecule is O=C(c1ccco1)N1CCN(C(=O)C2CCCN(c3nc4c(F)cccc4s3)C2)CC1. The number of para-hydroxylation sites is 1. The molecule has 2 aliphatic rings. The van der Waals surface area contributed by atoms with E-state index in [1.54, 1.807) is 23.1 Å². The van der Waals surface area contributed by atoms with Crippen LogP contribution in [0.5, 0.6) is 0 Å². The van der Waals surface area contributed by atoms with Crippen molar-refractivity contribution in [2.75, 3.05) is 44.2 Å². The second-order valence-electron chi connectivity index (χ2n) is 7.96. The van der Waals surface area contributed by atoms with Gasteiger partial charge < -0.3 is 19.1 Å². The van der Waals surface area contributed by atoms with Crippen molar-refractivity contribution in [3.8, 4) is 0 Å². The molecule has 3 aromatic rings. The molecule has 1 unspecified atom stereocenters. The second kappa shape index (κ2) is 8.30. The van der Waals surface area contributed by atoms with Crippen LogP contribution in [0.2, 0.25) is 0 Å². The summed E-state index contributed by atoms with van der Waals surface area (Å²) in [6, 6.07) is 8.34. The fourth-order valence-corrected chi connectivity index (χ4v) is 5.35. The van der Waals surface area contributed by atoms with Crippen molar-refractivity contribution in [3.63, 3.8) is 0 Å². The summed E-state index contributed by atoms with van der Waals surface area (Å²) in [4.78, 5) is 35.8. The molecule has 31 heavy (non-hydrogen) atoms. The van der Waals surface area contributed by atoms with Crippen LogP contribution in [0.25, 0.3) is 10.2 Å². The number of piperidine rings is 1. The maximum Gasteiger partial charge on any atom is 0.289 e. The number of aromatic nitrogens is 1. The van der Waals surface area contributed by atoms with Crippen molar-refractivity contribution in [1.82, 2.24) is 14.8 Å². The highest BCUT2D eigenvalue weighted by atomic mass is 32.1. The lowest BCUT2D eigenvalue weighted by molar-refractivity contribution is -0.137. The lowest BCUT2D eigenvalue weighted by Crippen LogP contribution is -2.53. The number of thiazole rings is 1. The molecular weight excluding hydrogens is 419 g/mol. The van der Waals surface area contributed by atoms with E-state index < -0.39 is 0 Å². The molecular formula is C22H23FN4O3S. The molecule has 0 saturated carbocycles. The number of nitrogens with zero attached hydrogens (tertiary/aromatic N) is 4. The average molecular weight is 443 g/mol. The molecule has 5 rings (SSSR count). The lowest BCUT2D eigenvalue weighted by atomic mass is 9.96. The standard InChI is InChI=1S/C22H23FN4O3S/c23-16-5-1-7-18-19(16)24-22(31-18)27-8-2-4-15(14-27)20(28)25-9-11-26(12-10-25)21(29)17-6-3-13-30-17/h1,3,5-7,13,15H,2,4,8-12,14H2. The number of benzene rings is 1. The highest BCUT2D eigenvalue weighted by Crippen LogP contribution is 2.33. The summed E-state index contributed by atoms with van der Waals surface area (Å²) in [6.07, 6.45) is 3.22. The van der Waals surface area contributed by atoms with E-state index in [0.717, 1.165) is 29.2 Å². The minimum Gasteiger partial charge on any atom is -0.459 e. The number of amides is 2. The van der Waals surface area contributed by atoms with Crippen LogP contribution >= 0.6 is 11.3 Å². The van der Waals surface area contributed by atoms with Gasteiger partial charge >= 0.3 is 0 Å². The predicted molar refractivity (Wildman–Crippen MR) is 116 cm³/mol. The van der Waals surface area contributed by atoms with Gasteiger partial charge in [0.15, 0.2) is 10.9 Å². The van der Waals surface area contributed by atoms with Crippen molar-refractivity contribution in [1.29, 1.82) is 0 Å². The average Bonchev–Trinajstić information content (AvgIpc) is 3.49. The normalized spacial score (nSPS) is 19.8. The van der Waals surface area contributed by atoms with E-state index >= 15 is 0 Å². The molecule has 2 fully saturated rings. The summed E-state index contributed by atoms with van der Waals surface area (Å²) >= 11 is 1.47. The minimum atomic E-state index is -0.313. The van der Waals surface area contributed by atoms with Gasteiger partial charge in [0.2, 0.25) is 5.91 Å². The fourth-order valence-electron chi connectivity index (χ4n) is 4.34. The third-order valence-corrected chi connectivity index (χ3v) is 7.09. The number of piperazine rings is 1. The Morgan fingerprint density at radius 1 is 1.06 bits per heavy atom. The zero-order chi connectivity index (χ0) is 21.4. The Morgan fingerprint density at radius 3 is 2.61 bits per heavy atom. The topological polar surface area (TPSA) is 69.9 Å². The number of fused-ring (bicyclic) bond motifs is 1. The van der Waals surface area contributed by atoms with E-state index in [1.165, 1.54) is 23.7 Å². The van der Waals surface area contributed by atoms with Crippen molar-refractivity contribution in [2.45, 2.75) is 12.8 Å². The Labute approximate surface area is 183 Å². The molecule has 1 aromatic carbocycles. The molecule has 4 heterocycles. The van der Waals surface area contributed by atoms with Gasteiger partial charge in [-0.3, -0.25) is 9.59 Å². The Bertz CT molecular complexity index is 1090. The predicted octanol–water partition coefficient (Wildman–Crippen LogP) is 3.23. The monoisotopic (exact) mass is 442 g/mol. The van der Waals surface area contributed by atoms with Crippen LogP contribution in [0.15, 0.2) is 41.0 Å². The minimum absolute atomic E-state index is 0.113. The number of anilines is 1. The molecule has 9 heteroatoms. The van der Waals surface area contributed by atoms with Gasteiger partial charge in [-0.05, 0) is 37.1 Å². The highest BCUT2D eigenvalue weighted by molar-refractivity contribution is 7.22. The fraction of sp³-hybridized carbons (Fsp3) is 0.409. The summed E-state index contributed by atoms with van der Waals surface area (Å²) in [7, 11) is 0. The van der Waals surface area contributed by atoms with E-state index in [-0.39, 0.29) is 23.5 Å². The summed E-state index contributed by atoms with van der Waals surface area (Å²) in [5, 5.41) is 0.770. The van der Waals surface area contributed by atoms with Crippen LogP contribution in [0.1, 0.15) is 23.4 Å². The number of carbonyl (C=O) groups is 2. The van der Waals surface area contributed by atoms with Crippen molar-refractivity contribution >= 4 is 38.5 Å². The third-order valence-electron chi connectivity index (χ3n) is 6.01. The number of carbonyl (C=O) groups excluding carboxylic acids is 2. The molecule has 2 aliphatic heterocycles. The summed E-state index contributed by atoms with van der Waals surface area (Å²) < 4.78 is 20.0. The molecule has 2 saturated heterocycles. The second-order valence-corrected chi connectivity index (χ2v) is 8.97. The number of hydrogen-bond acceptors (Lipinski definition) is 6. The van der Waals surface area contributed by atoms with Gasteiger partial charge in [-0.2, -0.15) is 0 Å². The molecule has 0 N–H and O–H groups in total. The Hall–Kier alpha value is -2.94. The van der Waals surface area contributed by atoms with Crippen molar-refractivity contribution in [3.05, 3.63) is 48.2 Å². The van der Waals surface area contributed by atoms with E-state index in [1.807, 2.05) is 11.0 Å². The van der Waals surface area contributed by atoms with Gasteiger partial charge in [-0.25, -0.2) is 9.37 Å². The van der Waals surface area contributed by atoms with Crippen molar-refractivity contribution < 1.29 is 18.4 Å². The van der Waals surface area contributed by atoms with Gasteiger partial charge in [-0.15, -0.1) is 0 Å². The molecule has 0 radical (unpaired) electrons. The zero-order valence-corrected chi connectivity index (χ0v) is 17.8. The molecule has 1 atom stereocenters. The molecule has 2 amide bonds. The Morgan fingerprint density at radius 2 is 1.87 bits per heavy atom. The number of halogens is 1. The highest BCUT2D eigenvalue weighted by Gasteiger charge is 2.33. The maximum absolute atomic E-state index is 14.0. The first kappa shape index (κ1) is 20.0. The van der Waals surface area contributed by atoms with Gasteiger partial charge in [0.1, 0.15) is 11.3 Å². The Balaban J connectivity index is 1.22. The quantitative estimate of drug-likeness (QED) is 0.623. The molecule has 7 nitrogen and oxygen atoms in total. The molecule has 2 aromatic heterocycles. The van der Waals surface area contributed by atoms with Gasteiger partial charge in [0, 0.05) is 39.3 Å². The van der Waals surface area contributed by atoms with Crippen molar-refractivity contribution in [2.24, 2.45) is 5.92 Å². The van der Waals surface area contributed by atoms with Crippen LogP contribution in [0, 0.1) is 11.7 Å². The summed E-state index contributed by atoms with van der Waals surface area (Å²) in [6.45, 7) is 3.45. The van der Waals surface area contributed by atoms with E-state index in [2.05, 4.69) is 9.88 Å².